The number of hydrogen-bond donors (Lipinski definition) is 0. The maximum absolute atomic E-state index is 11.1. The van der Waals surface area contributed by atoms with E-state index in [4.69, 9.17) is 0 Å². The summed E-state index contributed by atoms with van der Waals surface area (Å²) in [4.78, 5) is 23.5. The van der Waals surface area contributed by atoms with Gasteiger partial charge in [-0.05, 0) is 0 Å². The maximum atomic E-state index is 11.1. The Hall–Kier alpha value is -0.430. The van der Waals surface area contributed by atoms with Crippen LogP contribution in [0, 0.1) is 0 Å². The standard InChI is InChI=1S/C9H15N2O2.HI/c1-11(2,3)7-6-10-8(12)4-5-9(10)13;/h4-5H,6-7H2,1-3H3;1H/q+1;/p-1. The van der Waals surface area contributed by atoms with Crippen LogP contribution >= 0.6 is 0 Å². The Morgan fingerprint density at radius 3 is 1.93 bits per heavy atom. The Labute approximate surface area is 101 Å². The quantitative estimate of drug-likeness (QED) is 0.310. The van der Waals surface area contributed by atoms with Gasteiger partial charge in [0, 0.05) is 12.2 Å². The summed E-state index contributed by atoms with van der Waals surface area (Å²) in [5.74, 6) is -0.392. The minimum absolute atomic E-state index is 0. The molecular formula is C9H15IN2O2. The lowest BCUT2D eigenvalue weighted by Crippen LogP contribution is -3.00. The average molecular weight is 310 g/mol. The van der Waals surface area contributed by atoms with Gasteiger partial charge in [0.15, 0.2) is 0 Å². The number of likely N-dealkylation sites (N-methyl/N-ethyl adjacent to an activating group) is 1. The van der Waals surface area contributed by atoms with Crippen LogP contribution in [0.3, 0.4) is 0 Å². The molecule has 80 valence electrons. The molecule has 0 aromatic carbocycles. The summed E-state index contributed by atoms with van der Waals surface area (Å²) in [6.45, 7) is 1.27. The van der Waals surface area contributed by atoms with E-state index in [1.54, 1.807) is 0 Å². The van der Waals surface area contributed by atoms with Gasteiger partial charge in [0.2, 0.25) is 0 Å². The summed E-state index contributed by atoms with van der Waals surface area (Å²) < 4.78 is 0.747. The van der Waals surface area contributed by atoms with Gasteiger partial charge in [-0.25, -0.2) is 0 Å². The fraction of sp³-hybridized carbons (Fsp3) is 0.556. The SMILES string of the molecule is C[N+](C)(C)CCN1C(=O)C=CC1=O.[I-]. The molecule has 1 aliphatic rings. The van der Waals surface area contributed by atoms with Crippen LogP contribution in [0.25, 0.3) is 0 Å². The smallest absolute Gasteiger partial charge is 0.253 e. The van der Waals surface area contributed by atoms with Crippen LogP contribution in [-0.4, -0.2) is 55.4 Å². The molecule has 0 aliphatic carbocycles. The third-order valence-electron chi connectivity index (χ3n) is 1.89. The predicted octanol–water partition coefficient (Wildman–Crippen LogP) is -3.38. The highest BCUT2D eigenvalue weighted by Crippen LogP contribution is 2.03. The first-order valence-electron chi connectivity index (χ1n) is 4.24. The molecule has 0 aromatic rings. The van der Waals surface area contributed by atoms with E-state index >= 15 is 0 Å². The number of amides is 2. The van der Waals surface area contributed by atoms with Gasteiger partial charge in [-0.2, -0.15) is 0 Å². The molecule has 0 radical (unpaired) electrons. The normalized spacial score (nSPS) is 16.1. The molecule has 0 atom stereocenters. The van der Waals surface area contributed by atoms with Gasteiger partial charge in [-0.3, -0.25) is 14.5 Å². The van der Waals surface area contributed by atoms with E-state index in [0.717, 1.165) is 11.0 Å². The monoisotopic (exact) mass is 310 g/mol. The van der Waals surface area contributed by atoms with E-state index in [0.29, 0.717) is 6.54 Å². The fourth-order valence-electron chi connectivity index (χ4n) is 1.05. The van der Waals surface area contributed by atoms with Gasteiger partial charge in [-0.1, -0.05) is 0 Å². The lowest BCUT2D eigenvalue weighted by Gasteiger charge is -2.26. The molecule has 0 fully saturated rings. The number of quaternary nitrogens is 1. The zero-order valence-electron chi connectivity index (χ0n) is 8.66. The number of nitrogens with zero attached hydrogens (tertiary/aromatic N) is 2. The maximum Gasteiger partial charge on any atom is 0.253 e. The molecule has 0 unspecified atom stereocenters. The van der Waals surface area contributed by atoms with Gasteiger partial charge in [0.1, 0.15) is 0 Å². The number of halogens is 1. The highest BCUT2D eigenvalue weighted by molar-refractivity contribution is 6.12. The van der Waals surface area contributed by atoms with E-state index < -0.39 is 0 Å². The lowest BCUT2D eigenvalue weighted by molar-refractivity contribution is -0.869. The van der Waals surface area contributed by atoms with E-state index in [1.807, 2.05) is 21.1 Å². The van der Waals surface area contributed by atoms with E-state index in [-0.39, 0.29) is 35.8 Å². The van der Waals surface area contributed by atoms with E-state index in [1.165, 1.54) is 17.1 Å². The van der Waals surface area contributed by atoms with Crippen molar-refractivity contribution in [2.75, 3.05) is 34.2 Å². The number of carbonyl (C=O) groups excluding carboxylic acids is 2. The first-order valence-corrected chi connectivity index (χ1v) is 4.24. The van der Waals surface area contributed by atoms with Gasteiger partial charge < -0.3 is 28.5 Å². The van der Waals surface area contributed by atoms with Crippen LogP contribution in [-0.2, 0) is 9.59 Å². The number of rotatable bonds is 3. The van der Waals surface area contributed by atoms with Crippen molar-refractivity contribution in [3.63, 3.8) is 0 Å². The van der Waals surface area contributed by atoms with Gasteiger partial charge in [-0.15, -0.1) is 0 Å². The van der Waals surface area contributed by atoms with Crippen molar-refractivity contribution >= 4 is 11.8 Å². The van der Waals surface area contributed by atoms with Gasteiger partial charge >= 0.3 is 0 Å². The summed E-state index contributed by atoms with van der Waals surface area (Å²) >= 11 is 0. The molecule has 1 aliphatic heterocycles. The Kier molecular flexibility index (Phi) is 4.73. The number of hydrogen-bond acceptors (Lipinski definition) is 2. The minimum atomic E-state index is -0.196. The third-order valence-corrected chi connectivity index (χ3v) is 1.89. The minimum Gasteiger partial charge on any atom is -1.00 e. The highest BCUT2D eigenvalue weighted by Gasteiger charge is 2.24. The van der Waals surface area contributed by atoms with Crippen molar-refractivity contribution in [2.45, 2.75) is 0 Å². The average Bonchev–Trinajstić information content (AvgIpc) is 2.27. The van der Waals surface area contributed by atoms with Gasteiger partial charge in [0.05, 0.1) is 34.2 Å². The number of imide groups is 1. The second-order valence-electron chi connectivity index (χ2n) is 4.18. The van der Waals surface area contributed by atoms with E-state index in [2.05, 4.69) is 0 Å². The molecule has 14 heavy (non-hydrogen) atoms. The number of carbonyl (C=O) groups is 2. The van der Waals surface area contributed by atoms with Crippen molar-refractivity contribution in [1.82, 2.24) is 4.90 Å². The summed E-state index contributed by atoms with van der Waals surface area (Å²) in [5, 5.41) is 0. The molecule has 0 N–H and O–H groups in total. The molecule has 0 saturated heterocycles. The van der Waals surface area contributed by atoms with Crippen molar-refractivity contribution in [1.29, 1.82) is 0 Å². The Bertz CT molecular complexity index is 250. The Morgan fingerprint density at radius 2 is 1.57 bits per heavy atom. The molecule has 1 heterocycles. The van der Waals surface area contributed by atoms with Crippen LogP contribution < -0.4 is 24.0 Å². The highest BCUT2D eigenvalue weighted by atomic mass is 127. The van der Waals surface area contributed by atoms with Crippen LogP contribution in [0.1, 0.15) is 0 Å². The summed E-state index contributed by atoms with van der Waals surface area (Å²) in [6, 6.07) is 0. The Balaban J connectivity index is 0.00000169. The Morgan fingerprint density at radius 1 is 1.14 bits per heavy atom. The second-order valence-corrected chi connectivity index (χ2v) is 4.18. The molecule has 1 rings (SSSR count). The topological polar surface area (TPSA) is 37.4 Å². The zero-order valence-corrected chi connectivity index (χ0v) is 10.8. The molecular weight excluding hydrogens is 295 g/mol. The van der Waals surface area contributed by atoms with Crippen molar-refractivity contribution < 1.29 is 38.0 Å². The molecule has 5 heteroatoms. The zero-order chi connectivity index (χ0) is 10.1. The summed E-state index contributed by atoms with van der Waals surface area (Å²) in [5.41, 5.74) is 0. The molecule has 0 bridgehead atoms. The third kappa shape index (κ3) is 3.75. The molecule has 0 spiro atoms. The van der Waals surface area contributed by atoms with Crippen molar-refractivity contribution in [3.05, 3.63) is 12.2 Å². The van der Waals surface area contributed by atoms with Crippen molar-refractivity contribution in [2.24, 2.45) is 0 Å². The summed E-state index contributed by atoms with van der Waals surface area (Å²) in [6.07, 6.45) is 2.63. The largest absolute Gasteiger partial charge is 1.00 e. The van der Waals surface area contributed by atoms with E-state index in [9.17, 15) is 9.59 Å². The molecule has 0 saturated carbocycles. The summed E-state index contributed by atoms with van der Waals surface area (Å²) in [7, 11) is 6.08. The van der Waals surface area contributed by atoms with Crippen LogP contribution in [0.5, 0.6) is 0 Å². The lowest BCUT2D eigenvalue weighted by atomic mass is 10.4. The molecule has 4 nitrogen and oxygen atoms in total. The predicted molar refractivity (Wildman–Crippen MR) is 48.8 cm³/mol. The van der Waals surface area contributed by atoms with Crippen molar-refractivity contribution in [3.8, 4) is 0 Å². The van der Waals surface area contributed by atoms with Crippen LogP contribution in [0.15, 0.2) is 12.2 Å². The fourth-order valence-corrected chi connectivity index (χ4v) is 1.05. The van der Waals surface area contributed by atoms with Crippen LogP contribution in [0.2, 0.25) is 0 Å². The van der Waals surface area contributed by atoms with Gasteiger partial charge in [0.25, 0.3) is 11.8 Å². The van der Waals surface area contributed by atoms with Crippen LogP contribution in [0.4, 0.5) is 0 Å². The first kappa shape index (κ1) is 13.6. The second kappa shape index (κ2) is 4.88. The molecule has 0 aromatic heterocycles. The first-order chi connectivity index (χ1) is 5.90. The molecule has 2 amide bonds.